The van der Waals surface area contributed by atoms with Crippen molar-refractivity contribution in [1.82, 2.24) is 14.8 Å². The second kappa shape index (κ2) is 12.6. The molecule has 0 saturated carbocycles. The monoisotopic (exact) mass is 532 g/mol. The smallest absolute Gasteiger partial charge is 0.338 e. The second-order valence-electron chi connectivity index (χ2n) is 8.07. The zero-order chi connectivity index (χ0) is 26.2. The number of thioether (sulfide) groups is 1. The summed E-state index contributed by atoms with van der Waals surface area (Å²) in [5.41, 5.74) is 1.70. The van der Waals surface area contributed by atoms with Gasteiger partial charge in [0.15, 0.2) is 22.5 Å². The first kappa shape index (κ1) is 27.3. The maximum atomic E-state index is 12.6. The van der Waals surface area contributed by atoms with Gasteiger partial charge in [-0.1, -0.05) is 29.4 Å². The van der Waals surface area contributed by atoms with E-state index in [0.717, 1.165) is 5.56 Å². The molecule has 36 heavy (non-hydrogen) atoms. The van der Waals surface area contributed by atoms with E-state index < -0.39 is 5.97 Å². The van der Waals surface area contributed by atoms with Crippen LogP contribution in [-0.2, 0) is 22.7 Å². The van der Waals surface area contributed by atoms with E-state index in [9.17, 15) is 9.59 Å². The Bertz CT molecular complexity index is 1230. The molecule has 0 fully saturated rings. The largest absolute Gasteiger partial charge is 0.493 e. The average Bonchev–Trinajstić information content (AvgIpc) is 3.24. The molecule has 0 aliphatic carbocycles. The number of carbonyl (C=O) groups is 2. The van der Waals surface area contributed by atoms with Crippen LogP contribution in [0.1, 0.15) is 42.5 Å². The molecule has 1 aromatic heterocycles. The third-order valence-electron chi connectivity index (χ3n) is 4.94. The lowest BCUT2D eigenvalue weighted by molar-refractivity contribution is -0.113. The topological polar surface area (TPSA) is 105 Å². The number of aromatic nitrogens is 3. The van der Waals surface area contributed by atoms with Gasteiger partial charge in [-0.05, 0) is 63.6 Å². The summed E-state index contributed by atoms with van der Waals surface area (Å²) in [5.74, 6) is 1.16. The van der Waals surface area contributed by atoms with Crippen LogP contribution in [0, 0.1) is 6.92 Å². The van der Waals surface area contributed by atoms with Crippen LogP contribution >= 0.6 is 23.4 Å². The Balaban J connectivity index is 1.62. The van der Waals surface area contributed by atoms with Gasteiger partial charge in [-0.15, -0.1) is 10.2 Å². The number of anilines is 1. The van der Waals surface area contributed by atoms with Crippen LogP contribution in [-0.4, -0.2) is 45.6 Å². The summed E-state index contributed by atoms with van der Waals surface area (Å²) in [7, 11) is 1.59. The summed E-state index contributed by atoms with van der Waals surface area (Å²) in [6.07, 6.45) is -0.257. The van der Waals surface area contributed by atoms with Gasteiger partial charge < -0.3 is 24.1 Å². The van der Waals surface area contributed by atoms with Crippen LogP contribution in [0.15, 0.2) is 41.6 Å². The van der Waals surface area contributed by atoms with E-state index in [4.69, 9.17) is 25.8 Å². The van der Waals surface area contributed by atoms with Crippen molar-refractivity contribution in [2.75, 3.05) is 18.2 Å². The fourth-order valence-electron chi connectivity index (χ4n) is 3.23. The summed E-state index contributed by atoms with van der Waals surface area (Å²) < 4.78 is 18.4. The molecule has 1 heterocycles. The summed E-state index contributed by atoms with van der Waals surface area (Å²) in [4.78, 5) is 24.8. The highest BCUT2D eigenvalue weighted by molar-refractivity contribution is 7.99. The van der Waals surface area contributed by atoms with Crippen LogP contribution < -0.4 is 14.8 Å². The summed E-state index contributed by atoms with van der Waals surface area (Å²) in [6, 6.07) is 10.3. The van der Waals surface area contributed by atoms with E-state index in [1.165, 1.54) is 17.8 Å². The fraction of sp³-hybridized carbons (Fsp3) is 0.360. The van der Waals surface area contributed by atoms with E-state index in [0.29, 0.717) is 45.3 Å². The number of esters is 1. The number of amides is 1. The van der Waals surface area contributed by atoms with Crippen molar-refractivity contribution in [2.45, 2.75) is 52.1 Å². The fourth-order valence-corrected chi connectivity index (χ4v) is 4.22. The highest BCUT2D eigenvalue weighted by Crippen LogP contribution is 2.29. The zero-order valence-corrected chi connectivity index (χ0v) is 22.4. The van der Waals surface area contributed by atoms with Crippen molar-refractivity contribution < 1.29 is 23.8 Å². The molecule has 1 amide bonds. The summed E-state index contributed by atoms with van der Waals surface area (Å²) >= 11 is 7.45. The van der Waals surface area contributed by atoms with Crippen LogP contribution in [0.5, 0.6) is 11.5 Å². The van der Waals surface area contributed by atoms with E-state index >= 15 is 0 Å². The second-order valence-corrected chi connectivity index (χ2v) is 9.42. The van der Waals surface area contributed by atoms with Gasteiger partial charge in [-0.25, -0.2) is 4.79 Å². The molecule has 2 aromatic carbocycles. The van der Waals surface area contributed by atoms with Crippen LogP contribution in [0.25, 0.3) is 0 Å². The van der Waals surface area contributed by atoms with E-state index in [1.54, 1.807) is 33.1 Å². The molecule has 0 radical (unpaired) electrons. The number of methoxy groups -OCH3 is 1. The van der Waals surface area contributed by atoms with Crippen LogP contribution in [0.3, 0.4) is 0 Å². The number of ether oxygens (including phenoxy) is 3. The average molecular weight is 533 g/mol. The molecule has 1 N–H and O–H groups in total. The number of hydrogen-bond donors (Lipinski definition) is 1. The molecule has 0 atom stereocenters. The highest BCUT2D eigenvalue weighted by atomic mass is 35.5. The van der Waals surface area contributed by atoms with E-state index in [2.05, 4.69) is 15.5 Å². The minimum Gasteiger partial charge on any atom is -0.493 e. The molecule has 3 aromatic rings. The third-order valence-corrected chi connectivity index (χ3v) is 6.23. The van der Waals surface area contributed by atoms with Gasteiger partial charge in [0.2, 0.25) is 5.91 Å². The number of carbonyl (C=O) groups excluding carboxylic acids is 2. The predicted molar refractivity (Wildman–Crippen MR) is 139 cm³/mol. The first-order valence-corrected chi connectivity index (χ1v) is 12.7. The SMILES string of the molecule is CCn1c(COc2ccc(C)cc2OC)nnc1SCC(=O)Nc1cc(C(=O)OC(C)C)ccc1Cl. The van der Waals surface area contributed by atoms with Crippen molar-refractivity contribution in [3.8, 4) is 11.5 Å². The number of nitrogens with zero attached hydrogens (tertiary/aromatic N) is 3. The maximum Gasteiger partial charge on any atom is 0.338 e. The number of halogens is 1. The number of rotatable bonds is 11. The van der Waals surface area contributed by atoms with Gasteiger partial charge in [0.1, 0.15) is 6.61 Å². The molecule has 0 aliphatic heterocycles. The number of aryl methyl sites for hydroxylation is 1. The van der Waals surface area contributed by atoms with Crippen molar-refractivity contribution in [3.63, 3.8) is 0 Å². The minimum atomic E-state index is -0.486. The molecule has 0 saturated heterocycles. The van der Waals surface area contributed by atoms with Gasteiger partial charge in [0.25, 0.3) is 0 Å². The summed E-state index contributed by atoms with van der Waals surface area (Å²) in [5, 5.41) is 12.1. The first-order chi connectivity index (χ1) is 17.2. The van der Waals surface area contributed by atoms with Gasteiger partial charge in [0.05, 0.1) is 35.2 Å². The standard InChI is InChI=1S/C25H29ClN4O5S/c1-6-30-22(13-34-20-10-7-16(4)11-21(20)33-5)28-29-25(30)36-14-23(31)27-19-12-17(8-9-18(19)26)24(32)35-15(2)3/h7-12,15H,6,13-14H2,1-5H3,(H,27,31). The molecule has 0 spiro atoms. The molecular formula is C25H29ClN4O5S. The lowest BCUT2D eigenvalue weighted by Gasteiger charge is -2.12. The Morgan fingerprint density at radius 2 is 1.92 bits per heavy atom. The Morgan fingerprint density at radius 1 is 1.14 bits per heavy atom. The summed E-state index contributed by atoms with van der Waals surface area (Å²) in [6.45, 7) is 8.27. The van der Waals surface area contributed by atoms with Crippen molar-refractivity contribution in [2.24, 2.45) is 0 Å². The Labute approximate surface area is 219 Å². The van der Waals surface area contributed by atoms with E-state index in [1.807, 2.05) is 36.6 Å². The molecule has 192 valence electrons. The lowest BCUT2D eigenvalue weighted by atomic mass is 10.2. The molecule has 0 aliphatic rings. The van der Waals surface area contributed by atoms with Gasteiger partial charge in [-0.3, -0.25) is 4.79 Å². The predicted octanol–water partition coefficient (Wildman–Crippen LogP) is 5.14. The van der Waals surface area contributed by atoms with Gasteiger partial charge >= 0.3 is 5.97 Å². The quantitative estimate of drug-likeness (QED) is 0.267. The number of nitrogens with one attached hydrogen (secondary N) is 1. The van der Waals surface area contributed by atoms with Crippen molar-refractivity contribution in [3.05, 3.63) is 58.4 Å². The molecule has 0 unspecified atom stereocenters. The first-order valence-electron chi connectivity index (χ1n) is 11.3. The maximum absolute atomic E-state index is 12.6. The molecule has 11 heteroatoms. The molecule has 0 bridgehead atoms. The van der Waals surface area contributed by atoms with Gasteiger partial charge in [-0.2, -0.15) is 0 Å². The lowest BCUT2D eigenvalue weighted by Crippen LogP contribution is -2.16. The third kappa shape index (κ3) is 7.14. The molecule has 9 nitrogen and oxygen atoms in total. The minimum absolute atomic E-state index is 0.0712. The normalized spacial score (nSPS) is 10.9. The Morgan fingerprint density at radius 3 is 2.61 bits per heavy atom. The Hall–Kier alpha value is -3.24. The number of hydrogen-bond acceptors (Lipinski definition) is 8. The molecule has 3 rings (SSSR count). The van der Waals surface area contributed by atoms with Crippen LogP contribution in [0.2, 0.25) is 5.02 Å². The molecular weight excluding hydrogens is 504 g/mol. The highest BCUT2D eigenvalue weighted by Gasteiger charge is 2.17. The van der Waals surface area contributed by atoms with Crippen molar-refractivity contribution in [1.29, 1.82) is 0 Å². The van der Waals surface area contributed by atoms with Gasteiger partial charge in [0, 0.05) is 6.54 Å². The van der Waals surface area contributed by atoms with Crippen molar-refractivity contribution >= 4 is 40.9 Å². The van der Waals surface area contributed by atoms with E-state index in [-0.39, 0.29) is 24.4 Å². The number of benzene rings is 2. The zero-order valence-electron chi connectivity index (χ0n) is 20.8. The Kier molecular flexibility index (Phi) is 9.60. The van der Waals surface area contributed by atoms with Crippen LogP contribution in [0.4, 0.5) is 5.69 Å².